The van der Waals surface area contributed by atoms with Crippen molar-refractivity contribution in [2.45, 2.75) is 6.04 Å². The van der Waals surface area contributed by atoms with Gasteiger partial charge in [-0.1, -0.05) is 5.10 Å². The van der Waals surface area contributed by atoms with Crippen molar-refractivity contribution in [2.75, 3.05) is 19.5 Å². The van der Waals surface area contributed by atoms with E-state index in [2.05, 4.69) is 48.9 Å². The zero-order valence-electron chi connectivity index (χ0n) is 13.4. The summed E-state index contributed by atoms with van der Waals surface area (Å²) in [6.07, 6.45) is 2.09. The fourth-order valence-electron chi connectivity index (χ4n) is 2.74. The van der Waals surface area contributed by atoms with E-state index in [0.29, 0.717) is 5.95 Å². The minimum Gasteiger partial charge on any atom is -0.497 e. The van der Waals surface area contributed by atoms with Crippen LogP contribution in [0.15, 0.2) is 40.2 Å². The molecule has 1 atom stereocenters. The van der Waals surface area contributed by atoms with Gasteiger partial charge in [0, 0.05) is 11.6 Å². The highest BCUT2D eigenvalue weighted by atomic mass is 79.9. The van der Waals surface area contributed by atoms with E-state index in [-0.39, 0.29) is 6.04 Å². The molecule has 4 rings (SSSR count). The average Bonchev–Trinajstić information content (AvgIpc) is 3.29. The summed E-state index contributed by atoms with van der Waals surface area (Å²) in [7, 11) is 3.27. The summed E-state index contributed by atoms with van der Waals surface area (Å²) in [6.45, 7) is 0. The van der Waals surface area contributed by atoms with Crippen LogP contribution in [0.25, 0.3) is 5.70 Å². The van der Waals surface area contributed by atoms with Gasteiger partial charge in [0.05, 0.1) is 28.6 Å². The van der Waals surface area contributed by atoms with Crippen molar-refractivity contribution in [2.24, 2.45) is 0 Å². The molecule has 0 saturated heterocycles. The molecule has 1 aliphatic heterocycles. The predicted octanol–water partition coefficient (Wildman–Crippen LogP) is 3.57. The smallest absolute Gasteiger partial charge is 0.248 e. The van der Waals surface area contributed by atoms with Crippen molar-refractivity contribution in [3.05, 3.63) is 50.6 Å². The lowest BCUT2D eigenvalue weighted by atomic mass is 10.0. The Bertz CT molecular complexity index is 952. The van der Waals surface area contributed by atoms with Gasteiger partial charge in [0.15, 0.2) is 0 Å². The van der Waals surface area contributed by atoms with E-state index in [1.807, 2.05) is 24.3 Å². The van der Waals surface area contributed by atoms with Crippen molar-refractivity contribution < 1.29 is 9.47 Å². The highest BCUT2D eigenvalue weighted by Crippen LogP contribution is 2.39. The summed E-state index contributed by atoms with van der Waals surface area (Å²) >= 11 is 5.15. The zero-order valence-corrected chi connectivity index (χ0v) is 15.8. The number of nitrogens with one attached hydrogen (secondary N) is 1. The zero-order chi connectivity index (χ0) is 17.4. The molecule has 1 N–H and O–H groups in total. The molecule has 3 heterocycles. The fourth-order valence-corrected chi connectivity index (χ4v) is 4.11. The van der Waals surface area contributed by atoms with E-state index in [0.717, 1.165) is 31.4 Å². The fraction of sp³-hybridized carbons (Fsp3) is 0.188. The monoisotopic (exact) mass is 419 g/mol. The van der Waals surface area contributed by atoms with Crippen LogP contribution in [0.2, 0.25) is 0 Å². The Balaban J connectivity index is 1.83. The molecule has 7 nitrogen and oxygen atoms in total. The standard InChI is InChI=1S/C16H14BrN5O2S/c1-23-9-3-4-10(13(7-9)24-2)12-8-11(14-5-6-15(17)25-14)18-16-19-20-21-22(12)16/h3-8,12H,1-2H3,(H,18,19,21)/t12-/m1/s1. The lowest BCUT2D eigenvalue weighted by molar-refractivity contribution is 0.387. The summed E-state index contributed by atoms with van der Waals surface area (Å²) in [5.74, 6) is 2.04. The molecule has 0 radical (unpaired) electrons. The van der Waals surface area contributed by atoms with Gasteiger partial charge < -0.3 is 14.8 Å². The second-order valence-electron chi connectivity index (χ2n) is 5.31. The maximum absolute atomic E-state index is 5.56. The molecular formula is C16H14BrN5O2S. The highest BCUT2D eigenvalue weighted by Gasteiger charge is 2.27. The first-order valence-corrected chi connectivity index (χ1v) is 9.05. The number of tetrazole rings is 1. The summed E-state index contributed by atoms with van der Waals surface area (Å²) in [5, 5.41) is 15.3. The predicted molar refractivity (Wildman–Crippen MR) is 99.1 cm³/mol. The number of rotatable bonds is 4. The molecule has 0 bridgehead atoms. The van der Waals surface area contributed by atoms with Crippen LogP contribution in [0, 0.1) is 0 Å². The number of fused-ring (bicyclic) bond motifs is 1. The Kier molecular flexibility index (Phi) is 4.18. The molecule has 0 aliphatic carbocycles. The molecule has 0 fully saturated rings. The van der Waals surface area contributed by atoms with Crippen molar-refractivity contribution >= 4 is 38.9 Å². The van der Waals surface area contributed by atoms with Crippen molar-refractivity contribution in [3.63, 3.8) is 0 Å². The van der Waals surface area contributed by atoms with Crippen LogP contribution in [0.1, 0.15) is 16.5 Å². The number of thiophene rings is 1. The van der Waals surface area contributed by atoms with Crippen LogP contribution in [0.3, 0.4) is 0 Å². The molecule has 128 valence electrons. The highest BCUT2D eigenvalue weighted by molar-refractivity contribution is 9.11. The lowest BCUT2D eigenvalue weighted by Gasteiger charge is -2.24. The van der Waals surface area contributed by atoms with Gasteiger partial charge in [-0.3, -0.25) is 0 Å². The molecular weight excluding hydrogens is 406 g/mol. The van der Waals surface area contributed by atoms with Crippen LogP contribution in [-0.2, 0) is 0 Å². The Morgan fingerprint density at radius 1 is 1.20 bits per heavy atom. The van der Waals surface area contributed by atoms with Crippen LogP contribution in [-0.4, -0.2) is 34.4 Å². The number of allylic oxidation sites excluding steroid dienone is 1. The van der Waals surface area contributed by atoms with Gasteiger partial charge in [-0.05, 0) is 56.7 Å². The van der Waals surface area contributed by atoms with Crippen molar-refractivity contribution in [1.82, 2.24) is 20.2 Å². The molecule has 1 aromatic carbocycles. The average molecular weight is 420 g/mol. The summed E-state index contributed by atoms with van der Waals surface area (Å²) in [4.78, 5) is 1.10. The summed E-state index contributed by atoms with van der Waals surface area (Å²) in [6, 6.07) is 9.61. The Morgan fingerprint density at radius 2 is 2.08 bits per heavy atom. The second kappa shape index (κ2) is 6.49. The number of nitrogens with zero attached hydrogens (tertiary/aromatic N) is 4. The number of methoxy groups -OCH3 is 2. The van der Waals surface area contributed by atoms with Gasteiger partial charge in [0.2, 0.25) is 5.95 Å². The van der Waals surface area contributed by atoms with Crippen LogP contribution in [0.5, 0.6) is 11.5 Å². The number of hydrogen-bond acceptors (Lipinski definition) is 7. The van der Waals surface area contributed by atoms with Crippen LogP contribution < -0.4 is 14.8 Å². The molecule has 2 aromatic heterocycles. The van der Waals surface area contributed by atoms with E-state index in [1.165, 1.54) is 0 Å². The maximum Gasteiger partial charge on any atom is 0.248 e. The van der Waals surface area contributed by atoms with E-state index < -0.39 is 0 Å². The van der Waals surface area contributed by atoms with E-state index in [4.69, 9.17) is 9.47 Å². The molecule has 0 amide bonds. The molecule has 1 aliphatic rings. The maximum atomic E-state index is 5.56. The third-order valence-electron chi connectivity index (χ3n) is 3.93. The first-order valence-electron chi connectivity index (χ1n) is 7.44. The normalized spacial score (nSPS) is 16.0. The van der Waals surface area contributed by atoms with E-state index in [9.17, 15) is 0 Å². The van der Waals surface area contributed by atoms with Gasteiger partial charge in [-0.25, -0.2) is 0 Å². The third kappa shape index (κ3) is 2.89. The van der Waals surface area contributed by atoms with Crippen LogP contribution >= 0.6 is 27.3 Å². The van der Waals surface area contributed by atoms with Crippen molar-refractivity contribution in [1.29, 1.82) is 0 Å². The summed E-state index contributed by atoms with van der Waals surface area (Å²) < 4.78 is 13.6. The third-order valence-corrected chi connectivity index (χ3v) is 5.58. The summed E-state index contributed by atoms with van der Waals surface area (Å²) in [5.41, 5.74) is 1.91. The first kappa shape index (κ1) is 16.1. The minimum absolute atomic E-state index is 0.192. The Labute approximate surface area is 156 Å². The van der Waals surface area contributed by atoms with Gasteiger partial charge in [-0.2, -0.15) is 4.68 Å². The van der Waals surface area contributed by atoms with Crippen LogP contribution in [0.4, 0.5) is 5.95 Å². The number of hydrogen-bond donors (Lipinski definition) is 1. The number of halogens is 1. The number of ether oxygens (including phenoxy) is 2. The van der Waals surface area contributed by atoms with E-state index in [1.54, 1.807) is 30.2 Å². The van der Waals surface area contributed by atoms with Crippen molar-refractivity contribution in [3.8, 4) is 11.5 Å². The number of aromatic nitrogens is 4. The topological polar surface area (TPSA) is 74.1 Å². The number of anilines is 1. The van der Waals surface area contributed by atoms with E-state index >= 15 is 0 Å². The van der Waals surface area contributed by atoms with Gasteiger partial charge in [-0.15, -0.1) is 11.3 Å². The molecule has 3 aromatic rings. The quantitative estimate of drug-likeness (QED) is 0.696. The van der Waals surface area contributed by atoms with Gasteiger partial charge in [0.25, 0.3) is 0 Å². The van der Waals surface area contributed by atoms with Gasteiger partial charge in [0.1, 0.15) is 17.5 Å². The minimum atomic E-state index is -0.192. The Hall–Kier alpha value is -2.39. The second-order valence-corrected chi connectivity index (χ2v) is 7.77. The number of benzene rings is 1. The Morgan fingerprint density at radius 3 is 2.80 bits per heavy atom. The molecule has 25 heavy (non-hydrogen) atoms. The molecule has 9 heteroatoms. The molecule has 0 saturated carbocycles. The lowest BCUT2D eigenvalue weighted by Crippen LogP contribution is -2.20. The largest absolute Gasteiger partial charge is 0.497 e. The first-order chi connectivity index (χ1) is 12.2. The van der Waals surface area contributed by atoms with Gasteiger partial charge >= 0.3 is 0 Å². The molecule has 0 unspecified atom stereocenters. The molecule has 0 spiro atoms. The SMILES string of the molecule is COc1ccc([C@H]2C=C(c3ccc(Br)s3)Nc3nnnn32)c(OC)c1.